The van der Waals surface area contributed by atoms with Gasteiger partial charge < -0.3 is 20.6 Å². The molecule has 0 aliphatic heterocycles. The molecule has 0 radical (unpaired) electrons. The summed E-state index contributed by atoms with van der Waals surface area (Å²) in [6, 6.07) is 18.6. The van der Waals surface area contributed by atoms with Crippen LogP contribution < -0.4 is 21.4 Å². The molecule has 168 valence electrons. The SMILES string of the molecule is Cc1ncnc2c1c(NCc1cccc(COC(N)=O)c1)cc(=O)n2OCc1ccccc1. The number of nitrogens with two attached hydrogens (primary N) is 1. The summed E-state index contributed by atoms with van der Waals surface area (Å²) in [5, 5.41) is 3.99. The minimum atomic E-state index is -0.824. The predicted octanol–water partition coefficient (Wildman–Crippen LogP) is 2.94. The fourth-order valence-corrected chi connectivity index (χ4v) is 3.45. The number of carbonyl (C=O) groups is 1. The molecule has 3 N–H and O–H groups in total. The molecule has 0 atom stereocenters. The second kappa shape index (κ2) is 9.82. The maximum absolute atomic E-state index is 12.9. The molecular formula is C24H23N5O4. The third-order valence-electron chi connectivity index (χ3n) is 5.01. The minimum Gasteiger partial charge on any atom is -0.445 e. The van der Waals surface area contributed by atoms with Crippen LogP contribution in [0, 0.1) is 6.92 Å². The van der Waals surface area contributed by atoms with Crippen molar-refractivity contribution < 1.29 is 14.4 Å². The van der Waals surface area contributed by atoms with Crippen molar-refractivity contribution in [3.63, 3.8) is 0 Å². The van der Waals surface area contributed by atoms with E-state index in [0.717, 1.165) is 16.7 Å². The molecule has 2 heterocycles. The molecule has 4 rings (SSSR count). The van der Waals surface area contributed by atoms with E-state index in [0.29, 0.717) is 29.0 Å². The molecule has 9 heteroatoms. The molecule has 2 aromatic carbocycles. The summed E-state index contributed by atoms with van der Waals surface area (Å²) < 4.78 is 6.05. The van der Waals surface area contributed by atoms with E-state index in [1.54, 1.807) is 0 Å². The number of aromatic nitrogens is 3. The van der Waals surface area contributed by atoms with Crippen LogP contribution in [0.3, 0.4) is 0 Å². The minimum absolute atomic E-state index is 0.0911. The molecule has 1 amide bonds. The highest BCUT2D eigenvalue weighted by atomic mass is 16.7. The third kappa shape index (κ3) is 5.27. The van der Waals surface area contributed by atoms with Crippen LogP contribution in [0.15, 0.2) is 71.8 Å². The molecule has 0 saturated heterocycles. The van der Waals surface area contributed by atoms with Crippen LogP contribution in [-0.4, -0.2) is 20.8 Å². The summed E-state index contributed by atoms with van der Waals surface area (Å²) >= 11 is 0. The Bertz CT molecular complexity index is 1340. The fraction of sp³-hybridized carbons (Fsp3) is 0.167. The number of nitrogens with one attached hydrogen (secondary N) is 1. The number of carbonyl (C=O) groups excluding carboxylic acids is 1. The van der Waals surface area contributed by atoms with Gasteiger partial charge in [0, 0.05) is 12.6 Å². The number of nitrogens with zero attached hydrogens (tertiary/aromatic N) is 3. The van der Waals surface area contributed by atoms with Crippen molar-refractivity contribution in [3.05, 3.63) is 99.7 Å². The number of fused-ring (bicyclic) bond motifs is 1. The van der Waals surface area contributed by atoms with Crippen LogP contribution in [0.25, 0.3) is 11.0 Å². The van der Waals surface area contributed by atoms with E-state index < -0.39 is 6.09 Å². The van der Waals surface area contributed by atoms with Gasteiger partial charge >= 0.3 is 6.09 Å². The van der Waals surface area contributed by atoms with Crippen LogP contribution in [0.5, 0.6) is 0 Å². The summed E-state index contributed by atoms with van der Waals surface area (Å²) in [6.45, 7) is 2.60. The first kappa shape index (κ1) is 21.8. The second-order valence-corrected chi connectivity index (χ2v) is 7.39. The topological polar surface area (TPSA) is 121 Å². The standard InChI is InChI=1S/C24H23N5O4/c1-16-22-20(26-12-18-8-5-9-19(10-18)13-32-24(25)31)11-21(30)29(23(22)28-15-27-16)33-14-17-6-3-2-4-7-17/h2-11,15,26H,12-14H2,1H3,(H2,25,31). The number of hydrogen-bond acceptors (Lipinski definition) is 7. The molecule has 2 aromatic heterocycles. The van der Waals surface area contributed by atoms with Gasteiger partial charge in [0.15, 0.2) is 5.65 Å². The summed E-state index contributed by atoms with van der Waals surface area (Å²) in [7, 11) is 0. The monoisotopic (exact) mass is 445 g/mol. The zero-order valence-corrected chi connectivity index (χ0v) is 18.0. The van der Waals surface area contributed by atoms with E-state index in [9.17, 15) is 9.59 Å². The highest BCUT2D eigenvalue weighted by Crippen LogP contribution is 2.23. The van der Waals surface area contributed by atoms with Crippen molar-refractivity contribution in [2.45, 2.75) is 26.7 Å². The summed E-state index contributed by atoms with van der Waals surface area (Å²) in [5.74, 6) is 0. The number of amides is 1. The van der Waals surface area contributed by atoms with Crippen molar-refractivity contribution >= 4 is 22.8 Å². The number of anilines is 1. The molecule has 0 bridgehead atoms. The van der Waals surface area contributed by atoms with Gasteiger partial charge in [0.2, 0.25) is 0 Å². The van der Waals surface area contributed by atoms with Crippen molar-refractivity contribution in [1.82, 2.24) is 14.7 Å². The quantitative estimate of drug-likeness (QED) is 0.428. The molecule has 0 fully saturated rings. The highest BCUT2D eigenvalue weighted by Gasteiger charge is 2.14. The lowest BCUT2D eigenvalue weighted by Gasteiger charge is -2.15. The zero-order chi connectivity index (χ0) is 23.2. The number of primary amides is 1. The smallest absolute Gasteiger partial charge is 0.404 e. The number of pyridine rings is 1. The van der Waals surface area contributed by atoms with Crippen molar-refractivity contribution in [2.75, 3.05) is 5.32 Å². The Labute approximate surface area is 189 Å². The molecule has 0 saturated carbocycles. The van der Waals surface area contributed by atoms with Gasteiger partial charge in [0.25, 0.3) is 5.56 Å². The Morgan fingerprint density at radius 2 is 1.76 bits per heavy atom. The Kier molecular flexibility index (Phi) is 6.49. The number of hydrogen-bond donors (Lipinski definition) is 2. The van der Waals surface area contributed by atoms with Crippen LogP contribution in [0.4, 0.5) is 10.5 Å². The van der Waals surface area contributed by atoms with Crippen LogP contribution in [0.1, 0.15) is 22.4 Å². The van der Waals surface area contributed by atoms with Crippen molar-refractivity contribution in [3.8, 4) is 0 Å². The molecule has 33 heavy (non-hydrogen) atoms. The maximum Gasteiger partial charge on any atom is 0.404 e. The normalized spacial score (nSPS) is 10.7. The molecule has 0 spiro atoms. The van der Waals surface area contributed by atoms with Crippen LogP contribution >= 0.6 is 0 Å². The summed E-state index contributed by atoms with van der Waals surface area (Å²) in [5.41, 5.74) is 9.07. The zero-order valence-electron chi connectivity index (χ0n) is 18.0. The molecule has 4 aromatic rings. The Morgan fingerprint density at radius 3 is 2.55 bits per heavy atom. The summed E-state index contributed by atoms with van der Waals surface area (Å²) in [6.07, 6.45) is 0.585. The van der Waals surface area contributed by atoms with Gasteiger partial charge in [-0.1, -0.05) is 54.6 Å². The summed E-state index contributed by atoms with van der Waals surface area (Å²) in [4.78, 5) is 38.1. The average molecular weight is 445 g/mol. The van der Waals surface area contributed by atoms with E-state index >= 15 is 0 Å². The van der Waals surface area contributed by atoms with Gasteiger partial charge in [0.1, 0.15) is 19.5 Å². The number of benzene rings is 2. The molecule has 0 aliphatic rings. The van der Waals surface area contributed by atoms with Crippen molar-refractivity contribution in [1.29, 1.82) is 0 Å². The first-order valence-corrected chi connectivity index (χ1v) is 10.3. The molecule has 0 aliphatic carbocycles. The first-order chi connectivity index (χ1) is 16.0. The van der Waals surface area contributed by atoms with Gasteiger partial charge in [-0.25, -0.2) is 14.8 Å². The Morgan fingerprint density at radius 1 is 1.00 bits per heavy atom. The highest BCUT2D eigenvalue weighted by molar-refractivity contribution is 5.90. The lowest BCUT2D eigenvalue weighted by Crippen LogP contribution is -2.28. The van der Waals surface area contributed by atoms with E-state index in [1.165, 1.54) is 17.1 Å². The lowest BCUT2D eigenvalue weighted by molar-refractivity contribution is 0.0979. The van der Waals surface area contributed by atoms with E-state index in [1.807, 2.05) is 61.5 Å². The van der Waals surface area contributed by atoms with Gasteiger partial charge in [-0.2, -0.15) is 0 Å². The Balaban J connectivity index is 1.59. The number of aryl methyl sites for hydroxylation is 1. The second-order valence-electron chi connectivity index (χ2n) is 7.39. The largest absolute Gasteiger partial charge is 0.445 e. The van der Waals surface area contributed by atoms with Gasteiger partial charge in [-0.15, -0.1) is 4.73 Å². The van der Waals surface area contributed by atoms with Gasteiger partial charge in [-0.05, 0) is 23.6 Å². The molecule has 0 unspecified atom stereocenters. The Hall–Kier alpha value is -4.40. The lowest BCUT2D eigenvalue weighted by atomic mass is 10.1. The van der Waals surface area contributed by atoms with Gasteiger partial charge in [0.05, 0.1) is 16.8 Å². The predicted molar refractivity (Wildman–Crippen MR) is 123 cm³/mol. The van der Waals surface area contributed by atoms with Gasteiger partial charge in [-0.3, -0.25) is 4.79 Å². The van der Waals surface area contributed by atoms with E-state index in [2.05, 4.69) is 15.3 Å². The third-order valence-corrected chi connectivity index (χ3v) is 5.01. The number of rotatable bonds is 8. The number of ether oxygens (including phenoxy) is 1. The molecular weight excluding hydrogens is 422 g/mol. The maximum atomic E-state index is 12.9. The van der Waals surface area contributed by atoms with Crippen LogP contribution in [0.2, 0.25) is 0 Å². The molecule has 9 nitrogen and oxygen atoms in total. The van der Waals surface area contributed by atoms with Crippen LogP contribution in [-0.2, 0) is 24.5 Å². The first-order valence-electron chi connectivity index (χ1n) is 10.3. The average Bonchev–Trinajstić information content (AvgIpc) is 2.82. The van der Waals surface area contributed by atoms with E-state index in [-0.39, 0.29) is 18.8 Å². The fourth-order valence-electron chi connectivity index (χ4n) is 3.45. The van der Waals surface area contributed by atoms with Crippen molar-refractivity contribution in [2.24, 2.45) is 5.73 Å². The van der Waals surface area contributed by atoms with E-state index in [4.69, 9.17) is 15.3 Å².